The first-order valence-electron chi connectivity index (χ1n) is 10.9. The van der Waals surface area contributed by atoms with Crippen molar-refractivity contribution < 1.29 is 0 Å². The highest BCUT2D eigenvalue weighted by molar-refractivity contribution is 5.23. The van der Waals surface area contributed by atoms with Crippen LogP contribution in [0, 0.1) is 0 Å². The van der Waals surface area contributed by atoms with E-state index in [1.165, 1.54) is 69.8 Å². The largest absolute Gasteiger partial charge is 0.0654 e. The molecule has 0 amide bonds. The first-order valence-corrected chi connectivity index (χ1v) is 10.9. The predicted molar refractivity (Wildman–Crippen MR) is 116 cm³/mol. The van der Waals surface area contributed by atoms with E-state index in [4.69, 9.17) is 0 Å². The number of hydrogen-bond acceptors (Lipinski definition) is 0. The second kappa shape index (κ2) is 12.7. The molecule has 2 aromatic rings. The Morgan fingerprint density at radius 3 is 1.42 bits per heavy atom. The van der Waals surface area contributed by atoms with Gasteiger partial charge >= 0.3 is 0 Å². The van der Waals surface area contributed by atoms with Crippen molar-refractivity contribution in [2.45, 2.75) is 89.9 Å². The highest BCUT2D eigenvalue weighted by Gasteiger charge is 2.19. The van der Waals surface area contributed by atoms with Crippen LogP contribution >= 0.6 is 0 Å². The van der Waals surface area contributed by atoms with E-state index in [0.717, 1.165) is 0 Å². The molecule has 0 heteroatoms. The molecule has 0 radical (unpaired) electrons. The molecule has 0 fully saturated rings. The summed E-state index contributed by atoms with van der Waals surface area (Å²) in [5.74, 6) is 1.39. The predicted octanol–water partition coefficient (Wildman–Crippen LogP) is 8.49. The molecule has 0 N–H and O–H groups in total. The summed E-state index contributed by atoms with van der Waals surface area (Å²) < 4.78 is 0. The Morgan fingerprint density at radius 2 is 0.962 bits per heavy atom. The summed E-state index contributed by atoms with van der Waals surface area (Å²) >= 11 is 0. The minimum absolute atomic E-state index is 0.694. The molecule has 2 aromatic carbocycles. The zero-order chi connectivity index (χ0) is 18.5. The monoisotopic (exact) mass is 350 g/mol. The van der Waals surface area contributed by atoms with Crippen molar-refractivity contribution in [3.8, 4) is 0 Å². The molecule has 2 atom stereocenters. The van der Waals surface area contributed by atoms with E-state index in [1.807, 2.05) is 0 Å². The average Bonchev–Trinajstić information content (AvgIpc) is 2.70. The molecule has 0 nitrogen and oxygen atoms in total. The Morgan fingerprint density at radius 1 is 0.538 bits per heavy atom. The van der Waals surface area contributed by atoms with E-state index in [9.17, 15) is 0 Å². The van der Waals surface area contributed by atoms with Crippen molar-refractivity contribution in [3.05, 3.63) is 71.8 Å². The first kappa shape index (κ1) is 20.7. The average molecular weight is 351 g/mol. The molecule has 0 saturated heterocycles. The molecule has 2 unspecified atom stereocenters. The summed E-state index contributed by atoms with van der Waals surface area (Å²) in [6, 6.07) is 22.5. The lowest BCUT2D eigenvalue weighted by molar-refractivity contribution is 0.450. The van der Waals surface area contributed by atoms with Crippen LogP contribution in [0.2, 0.25) is 0 Å². The van der Waals surface area contributed by atoms with Crippen molar-refractivity contribution in [3.63, 3.8) is 0 Å². The highest BCUT2D eigenvalue weighted by Crippen LogP contribution is 2.36. The number of unbranched alkanes of at least 4 members (excludes halogenated alkanes) is 5. The number of rotatable bonds is 13. The summed E-state index contributed by atoms with van der Waals surface area (Å²) in [6.07, 6.45) is 13.4. The van der Waals surface area contributed by atoms with E-state index in [0.29, 0.717) is 11.8 Å². The first-order chi connectivity index (χ1) is 12.8. The molecular weight excluding hydrogens is 312 g/mol. The van der Waals surface area contributed by atoms with Gasteiger partial charge in [-0.05, 0) is 42.2 Å². The molecule has 0 aliphatic rings. The van der Waals surface area contributed by atoms with Crippen LogP contribution in [0.5, 0.6) is 0 Å². The molecular formula is C26H38. The van der Waals surface area contributed by atoms with Crippen LogP contribution in [0.25, 0.3) is 0 Å². The van der Waals surface area contributed by atoms with Crippen LogP contribution in [0.1, 0.15) is 101 Å². The summed E-state index contributed by atoms with van der Waals surface area (Å²) in [5.41, 5.74) is 3.08. The molecule has 0 spiro atoms. The van der Waals surface area contributed by atoms with Gasteiger partial charge in [-0.15, -0.1) is 0 Å². The van der Waals surface area contributed by atoms with Crippen molar-refractivity contribution in [2.24, 2.45) is 0 Å². The lowest BCUT2D eigenvalue weighted by Gasteiger charge is -2.25. The Labute approximate surface area is 162 Å². The third-order valence-electron chi connectivity index (χ3n) is 5.67. The molecule has 26 heavy (non-hydrogen) atoms. The van der Waals surface area contributed by atoms with Crippen molar-refractivity contribution in [1.82, 2.24) is 0 Å². The van der Waals surface area contributed by atoms with Gasteiger partial charge < -0.3 is 0 Å². The van der Waals surface area contributed by atoms with Crippen molar-refractivity contribution in [1.29, 1.82) is 0 Å². The minimum atomic E-state index is 0.694. The zero-order valence-electron chi connectivity index (χ0n) is 17.0. The van der Waals surface area contributed by atoms with Gasteiger partial charge in [-0.1, -0.05) is 119 Å². The van der Waals surface area contributed by atoms with Crippen LogP contribution in [0.3, 0.4) is 0 Å². The molecule has 0 aliphatic carbocycles. The van der Waals surface area contributed by atoms with Gasteiger partial charge in [0.1, 0.15) is 0 Å². The Bertz CT molecular complexity index is 557. The summed E-state index contributed by atoms with van der Waals surface area (Å²) in [4.78, 5) is 0. The SMILES string of the molecule is CCCCCCC(CC(CCCCC)c1ccccc1)c1ccccc1. The lowest BCUT2D eigenvalue weighted by Crippen LogP contribution is -2.08. The van der Waals surface area contributed by atoms with Gasteiger partial charge in [0.15, 0.2) is 0 Å². The summed E-state index contributed by atoms with van der Waals surface area (Å²) in [7, 11) is 0. The minimum Gasteiger partial charge on any atom is -0.0654 e. The second-order valence-electron chi connectivity index (χ2n) is 7.80. The zero-order valence-corrected chi connectivity index (χ0v) is 17.0. The van der Waals surface area contributed by atoms with E-state index in [-0.39, 0.29) is 0 Å². The normalized spacial score (nSPS) is 13.5. The van der Waals surface area contributed by atoms with Crippen LogP contribution in [-0.4, -0.2) is 0 Å². The van der Waals surface area contributed by atoms with Crippen LogP contribution in [-0.2, 0) is 0 Å². The van der Waals surface area contributed by atoms with Crippen molar-refractivity contribution in [2.75, 3.05) is 0 Å². The molecule has 0 aromatic heterocycles. The summed E-state index contributed by atoms with van der Waals surface area (Å²) in [5, 5.41) is 0. The number of hydrogen-bond donors (Lipinski definition) is 0. The highest BCUT2D eigenvalue weighted by atomic mass is 14.2. The fourth-order valence-corrected chi connectivity index (χ4v) is 4.09. The molecule has 0 saturated carbocycles. The van der Waals surface area contributed by atoms with Gasteiger partial charge in [-0.25, -0.2) is 0 Å². The van der Waals surface area contributed by atoms with Gasteiger partial charge in [-0.2, -0.15) is 0 Å². The standard InChI is InChI=1S/C26H38/c1-3-5-7-11-21-26(24-18-14-9-15-19-24)22-25(20-10-6-4-2)23-16-12-8-13-17-23/h8-9,12-19,25-26H,3-7,10-11,20-22H2,1-2H3. The van der Waals surface area contributed by atoms with Gasteiger partial charge in [-0.3, -0.25) is 0 Å². The Hall–Kier alpha value is -1.56. The van der Waals surface area contributed by atoms with Gasteiger partial charge in [0.2, 0.25) is 0 Å². The molecule has 0 aliphatic heterocycles. The van der Waals surface area contributed by atoms with Gasteiger partial charge in [0, 0.05) is 0 Å². The smallest absolute Gasteiger partial charge is 0.0156 e. The van der Waals surface area contributed by atoms with Gasteiger partial charge in [0.05, 0.1) is 0 Å². The molecule has 0 heterocycles. The third kappa shape index (κ3) is 7.36. The van der Waals surface area contributed by atoms with E-state index >= 15 is 0 Å². The maximum atomic E-state index is 2.35. The molecule has 2 rings (SSSR count). The second-order valence-corrected chi connectivity index (χ2v) is 7.80. The van der Waals surface area contributed by atoms with E-state index in [2.05, 4.69) is 74.5 Å². The third-order valence-corrected chi connectivity index (χ3v) is 5.67. The summed E-state index contributed by atoms with van der Waals surface area (Å²) in [6.45, 7) is 4.60. The Kier molecular flexibility index (Phi) is 10.2. The maximum Gasteiger partial charge on any atom is -0.0156 e. The lowest BCUT2D eigenvalue weighted by atomic mass is 9.80. The van der Waals surface area contributed by atoms with Gasteiger partial charge in [0.25, 0.3) is 0 Å². The van der Waals surface area contributed by atoms with Crippen LogP contribution < -0.4 is 0 Å². The topological polar surface area (TPSA) is 0 Å². The van der Waals surface area contributed by atoms with E-state index < -0.39 is 0 Å². The quantitative estimate of drug-likeness (QED) is 0.318. The van der Waals surface area contributed by atoms with Crippen LogP contribution in [0.15, 0.2) is 60.7 Å². The van der Waals surface area contributed by atoms with Crippen molar-refractivity contribution >= 4 is 0 Å². The molecule has 0 bridgehead atoms. The Balaban J connectivity index is 2.09. The molecule has 142 valence electrons. The van der Waals surface area contributed by atoms with E-state index in [1.54, 1.807) is 5.56 Å². The fraction of sp³-hybridized carbons (Fsp3) is 0.538. The maximum absolute atomic E-state index is 2.35. The number of benzene rings is 2. The fourth-order valence-electron chi connectivity index (χ4n) is 4.09. The van der Waals surface area contributed by atoms with Crippen LogP contribution in [0.4, 0.5) is 0 Å².